The smallest absolute Gasteiger partial charge is 0.0121 e. The highest BCUT2D eigenvalue weighted by atomic mass is 15.2. The van der Waals surface area contributed by atoms with E-state index >= 15 is 0 Å². The van der Waals surface area contributed by atoms with Gasteiger partial charge in [0.15, 0.2) is 0 Å². The lowest BCUT2D eigenvalue weighted by atomic mass is 9.79. The van der Waals surface area contributed by atoms with Crippen molar-refractivity contribution in [2.45, 2.75) is 45.6 Å². The van der Waals surface area contributed by atoms with Gasteiger partial charge in [-0.15, -0.1) is 0 Å². The molecule has 0 aromatic rings. The summed E-state index contributed by atoms with van der Waals surface area (Å²) < 4.78 is 0. The molecule has 2 heteroatoms. The standard InChI is InChI=1S/C14H28N2/c1-11-4-5-14(12(2)8-11)16-7-6-13(10-16)9-15-3/h11-15H,4-10H2,1-3H3. The quantitative estimate of drug-likeness (QED) is 0.791. The lowest BCUT2D eigenvalue weighted by Crippen LogP contribution is -2.41. The second kappa shape index (κ2) is 5.50. The van der Waals surface area contributed by atoms with Crippen LogP contribution in [0, 0.1) is 17.8 Å². The zero-order chi connectivity index (χ0) is 11.5. The van der Waals surface area contributed by atoms with Crippen molar-refractivity contribution in [3.63, 3.8) is 0 Å². The maximum atomic E-state index is 3.32. The van der Waals surface area contributed by atoms with Crippen LogP contribution in [0.5, 0.6) is 0 Å². The van der Waals surface area contributed by atoms with Gasteiger partial charge in [-0.25, -0.2) is 0 Å². The summed E-state index contributed by atoms with van der Waals surface area (Å²) in [5.74, 6) is 2.77. The van der Waals surface area contributed by atoms with Crippen molar-refractivity contribution in [2.24, 2.45) is 17.8 Å². The maximum Gasteiger partial charge on any atom is 0.0121 e. The third-order valence-electron chi connectivity index (χ3n) is 4.67. The predicted molar refractivity (Wildman–Crippen MR) is 69.6 cm³/mol. The van der Waals surface area contributed by atoms with Gasteiger partial charge < -0.3 is 5.32 Å². The maximum absolute atomic E-state index is 3.32. The minimum absolute atomic E-state index is 0.887. The van der Waals surface area contributed by atoms with E-state index in [9.17, 15) is 0 Å². The number of hydrogen-bond donors (Lipinski definition) is 1. The largest absolute Gasteiger partial charge is 0.319 e. The van der Waals surface area contributed by atoms with Gasteiger partial charge in [-0.05, 0) is 63.6 Å². The van der Waals surface area contributed by atoms with Crippen molar-refractivity contribution in [1.29, 1.82) is 0 Å². The molecule has 0 radical (unpaired) electrons. The van der Waals surface area contributed by atoms with E-state index in [0.29, 0.717) is 0 Å². The van der Waals surface area contributed by atoms with Crippen LogP contribution in [-0.2, 0) is 0 Å². The van der Waals surface area contributed by atoms with Crippen molar-refractivity contribution in [3.05, 3.63) is 0 Å². The number of nitrogens with one attached hydrogen (secondary N) is 1. The summed E-state index contributed by atoms with van der Waals surface area (Å²) in [6.07, 6.45) is 5.73. The fraction of sp³-hybridized carbons (Fsp3) is 1.00. The Bertz CT molecular complexity index is 217. The third-order valence-corrected chi connectivity index (χ3v) is 4.67. The molecule has 0 bridgehead atoms. The molecular formula is C14H28N2. The van der Waals surface area contributed by atoms with E-state index in [2.05, 4.69) is 31.1 Å². The Labute approximate surface area is 101 Å². The highest BCUT2D eigenvalue weighted by molar-refractivity contribution is 4.88. The minimum atomic E-state index is 0.887. The van der Waals surface area contributed by atoms with E-state index in [1.807, 2.05) is 0 Å². The fourth-order valence-electron chi connectivity index (χ4n) is 3.81. The average molecular weight is 224 g/mol. The van der Waals surface area contributed by atoms with Crippen LogP contribution in [0.1, 0.15) is 39.5 Å². The SMILES string of the molecule is CNCC1CCN(C2CCC(C)CC2C)C1. The van der Waals surface area contributed by atoms with Gasteiger partial charge in [-0.2, -0.15) is 0 Å². The summed E-state index contributed by atoms with van der Waals surface area (Å²) in [5.41, 5.74) is 0. The highest BCUT2D eigenvalue weighted by Gasteiger charge is 2.33. The third kappa shape index (κ3) is 2.78. The van der Waals surface area contributed by atoms with E-state index in [1.54, 1.807) is 0 Å². The molecule has 2 nitrogen and oxygen atoms in total. The zero-order valence-electron chi connectivity index (χ0n) is 11.2. The molecule has 1 saturated heterocycles. The van der Waals surface area contributed by atoms with Crippen LogP contribution < -0.4 is 5.32 Å². The normalized spacial score (nSPS) is 41.4. The van der Waals surface area contributed by atoms with Crippen LogP contribution in [0.4, 0.5) is 0 Å². The second-order valence-corrected chi connectivity index (χ2v) is 6.17. The summed E-state index contributed by atoms with van der Waals surface area (Å²) in [4.78, 5) is 2.78. The molecule has 4 atom stereocenters. The summed E-state index contributed by atoms with van der Waals surface area (Å²) in [6, 6.07) is 0.887. The molecule has 2 fully saturated rings. The average Bonchev–Trinajstić information content (AvgIpc) is 2.67. The van der Waals surface area contributed by atoms with Crippen molar-refractivity contribution in [1.82, 2.24) is 10.2 Å². The molecule has 0 aromatic carbocycles. The van der Waals surface area contributed by atoms with Crippen LogP contribution in [0.25, 0.3) is 0 Å². The van der Waals surface area contributed by atoms with Crippen molar-refractivity contribution < 1.29 is 0 Å². The molecule has 0 amide bonds. The van der Waals surface area contributed by atoms with Crippen LogP contribution in [0.3, 0.4) is 0 Å². The topological polar surface area (TPSA) is 15.3 Å². The first-order valence-electron chi connectivity index (χ1n) is 7.09. The highest BCUT2D eigenvalue weighted by Crippen LogP contribution is 2.34. The molecule has 1 heterocycles. The number of rotatable bonds is 3. The Morgan fingerprint density at radius 2 is 2.00 bits per heavy atom. The first-order valence-corrected chi connectivity index (χ1v) is 7.09. The Kier molecular flexibility index (Phi) is 4.26. The van der Waals surface area contributed by atoms with Gasteiger partial charge in [0.2, 0.25) is 0 Å². The van der Waals surface area contributed by atoms with Crippen LogP contribution in [0.15, 0.2) is 0 Å². The Balaban J connectivity index is 1.84. The molecular weight excluding hydrogens is 196 g/mol. The van der Waals surface area contributed by atoms with Gasteiger partial charge in [0.1, 0.15) is 0 Å². The van der Waals surface area contributed by atoms with Gasteiger partial charge in [0.25, 0.3) is 0 Å². The summed E-state index contributed by atoms with van der Waals surface area (Å²) in [6.45, 7) is 8.76. The number of likely N-dealkylation sites (tertiary alicyclic amines) is 1. The summed E-state index contributed by atoms with van der Waals surface area (Å²) in [7, 11) is 2.08. The minimum Gasteiger partial charge on any atom is -0.319 e. The molecule has 0 spiro atoms. The predicted octanol–water partition coefficient (Wildman–Crippen LogP) is 2.35. The van der Waals surface area contributed by atoms with Crippen LogP contribution >= 0.6 is 0 Å². The molecule has 16 heavy (non-hydrogen) atoms. The van der Waals surface area contributed by atoms with E-state index in [0.717, 1.165) is 23.8 Å². The van der Waals surface area contributed by atoms with Gasteiger partial charge >= 0.3 is 0 Å². The zero-order valence-corrected chi connectivity index (χ0v) is 11.2. The van der Waals surface area contributed by atoms with E-state index in [-0.39, 0.29) is 0 Å². The molecule has 1 saturated carbocycles. The van der Waals surface area contributed by atoms with Crippen molar-refractivity contribution in [3.8, 4) is 0 Å². The molecule has 2 aliphatic rings. The van der Waals surface area contributed by atoms with E-state index < -0.39 is 0 Å². The van der Waals surface area contributed by atoms with Gasteiger partial charge in [-0.1, -0.05) is 13.8 Å². The Morgan fingerprint density at radius 1 is 1.19 bits per heavy atom. The lowest BCUT2D eigenvalue weighted by molar-refractivity contribution is 0.112. The number of hydrogen-bond acceptors (Lipinski definition) is 2. The Morgan fingerprint density at radius 3 is 2.69 bits per heavy atom. The summed E-state index contributed by atoms with van der Waals surface area (Å²) >= 11 is 0. The molecule has 1 aliphatic heterocycles. The Hall–Kier alpha value is -0.0800. The molecule has 1 aliphatic carbocycles. The second-order valence-electron chi connectivity index (χ2n) is 6.17. The van der Waals surface area contributed by atoms with Gasteiger partial charge in [0.05, 0.1) is 0 Å². The monoisotopic (exact) mass is 224 g/mol. The van der Waals surface area contributed by atoms with Crippen molar-refractivity contribution >= 4 is 0 Å². The molecule has 2 rings (SSSR count). The molecule has 1 N–H and O–H groups in total. The molecule has 4 unspecified atom stereocenters. The van der Waals surface area contributed by atoms with Crippen LogP contribution in [0.2, 0.25) is 0 Å². The first-order chi connectivity index (χ1) is 7.70. The fourth-order valence-corrected chi connectivity index (χ4v) is 3.81. The van der Waals surface area contributed by atoms with Crippen molar-refractivity contribution in [2.75, 3.05) is 26.7 Å². The molecule has 0 aromatic heterocycles. The van der Waals surface area contributed by atoms with Crippen LogP contribution in [-0.4, -0.2) is 37.6 Å². The lowest BCUT2D eigenvalue weighted by Gasteiger charge is -2.38. The van der Waals surface area contributed by atoms with E-state index in [4.69, 9.17) is 0 Å². The van der Waals surface area contributed by atoms with Gasteiger partial charge in [0, 0.05) is 12.6 Å². The molecule has 94 valence electrons. The van der Waals surface area contributed by atoms with Gasteiger partial charge in [-0.3, -0.25) is 4.90 Å². The number of nitrogens with zero attached hydrogens (tertiary/aromatic N) is 1. The first kappa shape index (κ1) is 12.4. The van der Waals surface area contributed by atoms with E-state index in [1.165, 1.54) is 45.3 Å². The summed E-state index contributed by atoms with van der Waals surface area (Å²) in [5, 5.41) is 3.32.